The highest BCUT2D eigenvalue weighted by Crippen LogP contribution is 2.16. The summed E-state index contributed by atoms with van der Waals surface area (Å²) in [6.07, 6.45) is 2.35. The van der Waals surface area contributed by atoms with Crippen LogP contribution in [0.5, 0.6) is 0 Å². The third-order valence-electron chi connectivity index (χ3n) is 3.22. The van der Waals surface area contributed by atoms with Crippen LogP contribution >= 0.6 is 0 Å². The minimum Gasteiger partial charge on any atom is -0.377 e. The molecule has 1 fully saturated rings. The summed E-state index contributed by atoms with van der Waals surface area (Å²) in [5.41, 5.74) is 0. The van der Waals surface area contributed by atoms with Crippen LogP contribution in [0.4, 0.5) is 0 Å². The van der Waals surface area contributed by atoms with E-state index in [2.05, 4.69) is 12.2 Å². The molecule has 4 heteroatoms. The van der Waals surface area contributed by atoms with Crippen LogP contribution in [0.2, 0.25) is 0 Å². The van der Waals surface area contributed by atoms with Gasteiger partial charge in [0.2, 0.25) is 5.91 Å². The van der Waals surface area contributed by atoms with Crippen molar-refractivity contribution < 1.29 is 9.53 Å². The molecule has 0 radical (unpaired) electrons. The monoisotopic (exact) mass is 242 g/mol. The number of carbonyl (C=O) groups is 1. The van der Waals surface area contributed by atoms with E-state index in [1.54, 1.807) is 4.90 Å². The Kier molecular flexibility index (Phi) is 5.92. The van der Waals surface area contributed by atoms with Gasteiger partial charge < -0.3 is 15.0 Å². The zero-order valence-electron chi connectivity index (χ0n) is 11.5. The molecule has 0 saturated carbocycles. The van der Waals surface area contributed by atoms with Crippen molar-refractivity contribution in [3.63, 3.8) is 0 Å². The van der Waals surface area contributed by atoms with Crippen LogP contribution in [0.1, 0.15) is 33.6 Å². The molecular formula is C13H26N2O2. The molecule has 0 aromatic heterocycles. The Bertz CT molecular complexity index is 244. The Labute approximate surface area is 105 Å². The summed E-state index contributed by atoms with van der Waals surface area (Å²) in [5.74, 6) is 0.842. The number of carbonyl (C=O) groups excluding carboxylic acids is 1. The van der Waals surface area contributed by atoms with Crippen molar-refractivity contribution in [3.8, 4) is 0 Å². The Balaban J connectivity index is 2.30. The Morgan fingerprint density at radius 3 is 2.82 bits per heavy atom. The highest BCUT2D eigenvalue weighted by Gasteiger charge is 2.26. The second-order valence-electron chi connectivity index (χ2n) is 5.32. The fourth-order valence-corrected chi connectivity index (χ4v) is 2.10. The summed E-state index contributed by atoms with van der Waals surface area (Å²) in [5, 5.41) is 3.30. The molecule has 1 aliphatic heterocycles. The third kappa shape index (κ3) is 5.04. The van der Waals surface area contributed by atoms with E-state index in [0.29, 0.717) is 19.1 Å². The van der Waals surface area contributed by atoms with Gasteiger partial charge in [-0.3, -0.25) is 4.79 Å². The number of ether oxygens (including phenoxy) is 1. The molecule has 0 aromatic rings. The summed E-state index contributed by atoms with van der Waals surface area (Å²) in [6.45, 7) is 8.46. The number of rotatable bonds is 5. The van der Waals surface area contributed by atoms with E-state index < -0.39 is 0 Å². The number of nitrogens with one attached hydrogen (secondary N) is 1. The molecule has 1 aliphatic rings. The van der Waals surface area contributed by atoms with E-state index in [9.17, 15) is 4.79 Å². The van der Waals surface area contributed by atoms with Crippen LogP contribution < -0.4 is 5.32 Å². The van der Waals surface area contributed by atoms with E-state index in [-0.39, 0.29) is 18.1 Å². The molecule has 4 nitrogen and oxygen atoms in total. The van der Waals surface area contributed by atoms with Gasteiger partial charge in [0.25, 0.3) is 0 Å². The highest BCUT2D eigenvalue weighted by atomic mass is 16.5. The molecule has 2 atom stereocenters. The maximum Gasteiger partial charge on any atom is 0.239 e. The summed E-state index contributed by atoms with van der Waals surface area (Å²) in [6, 6.07) is 0.00259. The van der Waals surface area contributed by atoms with Gasteiger partial charge in [-0.25, -0.2) is 0 Å². The van der Waals surface area contributed by atoms with E-state index in [0.717, 1.165) is 13.0 Å². The molecule has 2 unspecified atom stereocenters. The van der Waals surface area contributed by atoms with Gasteiger partial charge >= 0.3 is 0 Å². The summed E-state index contributed by atoms with van der Waals surface area (Å²) >= 11 is 0. The number of hydrogen-bond acceptors (Lipinski definition) is 3. The number of piperidine rings is 1. The first-order valence-corrected chi connectivity index (χ1v) is 6.60. The molecule has 1 amide bonds. The second-order valence-corrected chi connectivity index (χ2v) is 5.32. The quantitative estimate of drug-likeness (QED) is 0.789. The first kappa shape index (κ1) is 14.5. The van der Waals surface area contributed by atoms with E-state index in [4.69, 9.17) is 4.74 Å². The molecule has 1 saturated heterocycles. The normalized spacial score (nSPS) is 25.0. The lowest BCUT2D eigenvalue weighted by Crippen LogP contribution is -2.49. The first-order chi connectivity index (χ1) is 8.00. The van der Waals surface area contributed by atoms with Crippen LogP contribution in [0, 0.1) is 5.92 Å². The molecule has 100 valence electrons. The molecule has 0 spiro atoms. The topological polar surface area (TPSA) is 41.6 Å². The van der Waals surface area contributed by atoms with Crippen molar-refractivity contribution in [2.45, 2.75) is 45.8 Å². The maximum atomic E-state index is 12.1. The summed E-state index contributed by atoms with van der Waals surface area (Å²) < 4.78 is 5.46. The number of amides is 1. The SMILES string of the molecule is CC1CCNC(C(=O)N(C)CCOC(C)C)C1. The van der Waals surface area contributed by atoms with Gasteiger partial charge in [0, 0.05) is 13.6 Å². The molecule has 17 heavy (non-hydrogen) atoms. The predicted molar refractivity (Wildman–Crippen MR) is 68.9 cm³/mol. The summed E-state index contributed by atoms with van der Waals surface area (Å²) in [4.78, 5) is 13.9. The van der Waals surface area contributed by atoms with Gasteiger partial charge in [0.05, 0.1) is 18.8 Å². The van der Waals surface area contributed by atoms with Crippen LogP contribution in [0.25, 0.3) is 0 Å². The van der Waals surface area contributed by atoms with Crippen LogP contribution in [0.3, 0.4) is 0 Å². The average Bonchev–Trinajstić information content (AvgIpc) is 2.27. The van der Waals surface area contributed by atoms with Crippen molar-refractivity contribution in [1.82, 2.24) is 10.2 Å². The van der Waals surface area contributed by atoms with E-state index >= 15 is 0 Å². The van der Waals surface area contributed by atoms with Gasteiger partial charge in [-0.15, -0.1) is 0 Å². The van der Waals surface area contributed by atoms with Crippen LogP contribution in [0.15, 0.2) is 0 Å². The molecule has 1 N–H and O–H groups in total. The largest absolute Gasteiger partial charge is 0.377 e. The first-order valence-electron chi connectivity index (χ1n) is 6.60. The predicted octanol–water partition coefficient (Wildman–Crippen LogP) is 1.26. The second kappa shape index (κ2) is 6.97. The number of likely N-dealkylation sites (N-methyl/N-ethyl adjacent to an activating group) is 1. The van der Waals surface area contributed by atoms with Crippen molar-refractivity contribution >= 4 is 5.91 Å². The minimum atomic E-state index is 0.00259. The molecular weight excluding hydrogens is 216 g/mol. The van der Waals surface area contributed by atoms with Gasteiger partial charge in [-0.1, -0.05) is 6.92 Å². The molecule has 1 heterocycles. The van der Waals surface area contributed by atoms with Crippen LogP contribution in [-0.2, 0) is 9.53 Å². The van der Waals surface area contributed by atoms with Crippen molar-refractivity contribution in [2.24, 2.45) is 5.92 Å². The lowest BCUT2D eigenvalue weighted by molar-refractivity contribution is -0.134. The maximum absolute atomic E-state index is 12.1. The van der Waals surface area contributed by atoms with Gasteiger partial charge in [0.15, 0.2) is 0 Å². The van der Waals surface area contributed by atoms with Crippen molar-refractivity contribution in [2.75, 3.05) is 26.7 Å². The molecule has 0 aromatic carbocycles. The van der Waals surface area contributed by atoms with Gasteiger partial charge in [0.1, 0.15) is 0 Å². The lowest BCUT2D eigenvalue weighted by atomic mass is 9.93. The van der Waals surface area contributed by atoms with Crippen molar-refractivity contribution in [1.29, 1.82) is 0 Å². The smallest absolute Gasteiger partial charge is 0.239 e. The van der Waals surface area contributed by atoms with Crippen LogP contribution in [-0.4, -0.2) is 49.7 Å². The molecule has 0 bridgehead atoms. The number of nitrogens with zero attached hydrogens (tertiary/aromatic N) is 1. The Morgan fingerprint density at radius 2 is 2.24 bits per heavy atom. The molecule has 1 rings (SSSR count). The van der Waals surface area contributed by atoms with Crippen molar-refractivity contribution in [3.05, 3.63) is 0 Å². The zero-order chi connectivity index (χ0) is 12.8. The Morgan fingerprint density at radius 1 is 1.53 bits per heavy atom. The lowest BCUT2D eigenvalue weighted by Gasteiger charge is -2.30. The fourth-order valence-electron chi connectivity index (χ4n) is 2.10. The van der Waals surface area contributed by atoms with Gasteiger partial charge in [-0.05, 0) is 39.2 Å². The highest BCUT2D eigenvalue weighted by molar-refractivity contribution is 5.81. The molecule has 0 aliphatic carbocycles. The van der Waals surface area contributed by atoms with E-state index in [1.165, 1.54) is 6.42 Å². The average molecular weight is 242 g/mol. The zero-order valence-corrected chi connectivity index (χ0v) is 11.5. The minimum absolute atomic E-state index is 0.00259. The fraction of sp³-hybridized carbons (Fsp3) is 0.923. The standard InChI is InChI=1S/C13H26N2O2/c1-10(2)17-8-7-15(4)13(16)12-9-11(3)5-6-14-12/h10-12,14H,5-9H2,1-4H3. The van der Waals surface area contributed by atoms with E-state index in [1.807, 2.05) is 20.9 Å². The third-order valence-corrected chi connectivity index (χ3v) is 3.22. The number of hydrogen-bond donors (Lipinski definition) is 1. The van der Waals surface area contributed by atoms with Gasteiger partial charge in [-0.2, -0.15) is 0 Å². The Hall–Kier alpha value is -0.610. The summed E-state index contributed by atoms with van der Waals surface area (Å²) in [7, 11) is 1.85.